The van der Waals surface area contributed by atoms with E-state index in [2.05, 4.69) is 25.7 Å². The summed E-state index contributed by atoms with van der Waals surface area (Å²) in [6.07, 6.45) is -3.10. The molecule has 4 aromatic rings. The van der Waals surface area contributed by atoms with Gasteiger partial charge in [0.2, 0.25) is 0 Å². The van der Waals surface area contributed by atoms with Crippen molar-refractivity contribution in [3.63, 3.8) is 0 Å². The Hall–Kier alpha value is -3.93. The second-order valence-corrected chi connectivity index (χ2v) is 7.07. The summed E-state index contributed by atoms with van der Waals surface area (Å²) < 4.78 is 43.3. The Kier molecular flexibility index (Phi) is 5.30. The van der Waals surface area contributed by atoms with E-state index in [1.54, 1.807) is 20.0 Å². The number of nitrogens with zero attached hydrogens (tertiary/aromatic N) is 5. The number of aryl methyl sites for hydroxylation is 2. The summed E-state index contributed by atoms with van der Waals surface area (Å²) in [6.45, 7) is 1.39. The van der Waals surface area contributed by atoms with Crippen LogP contribution in [0.1, 0.15) is 27.3 Å². The molecule has 0 spiro atoms. The molecule has 166 valence electrons. The SMILES string of the molecule is Cc1cc(-n2nc(CO)cc2NC(=O)c2ccc(C(F)(F)F)c(-c3ccn(C)n3)c2)[nH]n1. The van der Waals surface area contributed by atoms with E-state index in [0.717, 1.165) is 18.2 Å². The van der Waals surface area contributed by atoms with E-state index >= 15 is 0 Å². The number of nitrogens with one attached hydrogen (secondary N) is 2. The van der Waals surface area contributed by atoms with Gasteiger partial charge < -0.3 is 10.4 Å². The topological polar surface area (TPSA) is 114 Å². The third-order valence-electron chi connectivity index (χ3n) is 4.66. The molecule has 0 bridgehead atoms. The zero-order chi connectivity index (χ0) is 23.0. The fourth-order valence-corrected chi connectivity index (χ4v) is 3.19. The highest BCUT2D eigenvalue weighted by molar-refractivity contribution is 6.04. The van der Waals surface area contributed by atoms with Crippen LogP contribution in [-0.2, 0) is 19.8 Å². The summed E-state index contributed by atoms with van der Waals surface area (Å²) >= 11 is 0. The Labute approximate surface area is 179 Å². The number of anilines is 1. The van der Waals surface area contributed by atoms with Crippen molar-refractivity contribution >= 4 is 11.7 Å². The number of hydrogen-bond donors (Lipinski definition) is 3. The maximum Gasteiger partial charge on any atom is 0.417 e. The van der Waals surface area contributed by atoms with Gasteiger partial charge in [-0.1, -0.05) is 0 Å². The largest absolute Gasteiger partial charge is 0.417 e. The highest BCUT2D eigenvalue weighted by Gasteiger charge is 2.34. The summed E-state index contributed by atoms with van der Waals surface area (Å²) in [6, 6.07) is 7.68. The monoisotopic (exact) mass is 445 g/mol. The van der Waals surface area contributed by atoms with E-state index in [1.807, 2.05) is 0 Å². The van der Waals surface area contributed by atoms with E-state index in [0.29, 0.717) is 11.5 Å². The van der Waals surface area contributed by atoms with Crippen molar-refractivity contribution in [2.24, 2.45) is 7.05 Å². The molecule has 0 saturated carbocycles. The first-order valence-electron chi connectivity index (χ1n) is 9.40. The van der Waals surface area contributed by atoms with Gasteiger partial charge in [-0.05, 0) is 31.2 Å². The highest BCUT2D eigenvalue weighted by atomic mass is 19.4. The van der Waals surface area contributed by atoms with E-state index < -0.39 is 17.6 Å². The number of aliphatic hydroxyl groups is 1. The first-order chi connectivity index (χ1) is 15.2. The van der Waals surface area contributed by atoms with Crippen LogP contribution in [0.15, 0.2) is 42.6 Å². The van der Waals surface area contributed by atoms with Crippen molar-refractivity contribution in [1.29, 1.82) is 0 Å². The summed E-state index contributed by atoms with van der Waals surface area (Å²) in [5, 5.41) is 27.0. The Morgan fingerprint density at radius 2 is 1.97 bits per heavy atom. The number of carbonyl (C=O) groups is 1. The summed E-state index contributed by atoms with van der Waals surface area (Å²) in [7, 11) is 1.59. The molecule has 0 atom stereocenters. The van der Waals surface area contributed by atoms with Crippen molar-refractivity contribution in [3.05, 3.63) is 65.1 Å². The lowest BCUT2D eigenvalue weighted by molar-refractivity contribution is -0.137. The van der Waals surface area contributed by atoms with Crippen LogP contribution in [0.3, 0.4) is 0 Å². The molecular weight excluding hydrogens is 427 g/mol. The van der Waals surface area contributed by atoms with Gasteiger partial charge in [0.25, 0.3) is 5.91 Å². The quantitative estimate of drug-likeness (QED) is 0.437. The van der Waals surface area contributed by atoms with Crippen molar-refractivity contribution in [1.82, 2.24) is 29.8 Å². The number of H-pyrrole nitrogens is 1. The van der Waals surface area contributed by atoms with Crippen LogP contribution in [0.4, 0.5) is 19.0 Å². The van der Waals surface area contributed by atoms with E-state index in [4.69, 9.17) is 0 Å². The van der Waals surface area contributed by atoms with Crippen LogP contribution < -0.4 is 5.32 Å². The molecule has 1 amide bonds. The molecule has 9 nitrogen and oxygen atoms in total. The number of carbonyl (C=O) groups excluding carboxylic acids is 1. The number of benzene rings is 1. The predicted octanol–water partition coefficient (Wildman–Crippen LogP) is 3.07. The minimum atomic E-state index is -4.62. The van der Waals surface area contributed by atoms with Gasteiger partial charge in [0.1, 0.15) is 5.82 Å². The third-order valence-corrected chi connectivity index (χ3v) is 4.66. The first-order valence-corrected chi connectivity index (χ1v) is 9.40. The number of rotatable bonds is 5. The fraction of sp³-hybridized carbons (Fsp3) is 0.200. The van der Waals surface area contributed by atoms with Gasteiger partial charge in [-0.2, -0.15) is 33.1 Å². The number of aromatic amines is 1. The summed E-state index contributed by atoms with van der Waals surface area (Å²) in [4.78, 5) is 12.9. The van der Waals surface area contributed by atoms with Crippen molar-refractivity contribution < 1.29 is 23.1 Å². The third kappa shape index (κ3) is 4.12. The van der Waals surface area contributed by atoms with Gasteiger partial charge in [0.15, 0.2) is 5.82 Å². The second kappa shape index (κ2) is 7.96. The molecule has 0 unspecified atom stereocenters. The van der Waals surface area contributed by atoms with Crippen molar-refractivity contribution in [2.45, 2.75) is 19.7 Å². The molecule has 32 heavy (non-hydrogen) atoms. The number of amides is 1. The molecule has 3 heterocycles. The van der Waals surface area contributed by atoms with Crippen LogP contribution in [0, 0.1) is 6.92 Å². The molecule has 0 fully saturated rings. The summed E-state index contributed by atoms with van der Waals surface area (Å²) in [5.41, 5.74) is -0.0456. The Morgan fingerprint density at radius 1 is 1.19 bits per heavy atom. The average molecular weight is 445 g/mol. The molecule has 3 N–H and O–H groups in total. The lowest BCUT2D eigenvalue weighted by atomic mass is 10.0. The maximum atomic E-state index is 13.5. The molecule has 1 aromatic carbocycles. The number of hydrogen-bond acceptors (Lipinski definition) is 5. The van der Waals surface area contributed by atoms with E-state index in [-0.39, 0.29) is 34.9 Å². The molecule has 0 aliphatic rings. The number of aliphatic hydroxyl groups excluding tert-OH is 1. The second-order valence-electron chi connectivity index (χ2n) is 7.07. The smallest absolute Gasteiger partial charge is 0.390 e. The van der Waals surface area contributed by atoms with Crippen molar-refractivity contribution in [2.75, 3.05) is 5.32 Å². The molecule has 0 aliphatic heterocycles. The average Bonchev–Trinajstić information content (AvgIpc) is 3.46. The summed E-state index contributed by atoms with van der Waals surface area (Å²) in [5.74, 6) is -0.00105. The van der Waals surface area contributed by atoms with Gasteiger partial charge in [-0.3, -0.25) is 14.6 Å². The first kappa shape index (κ1) is 21.3. The van der Waals surface area contributed by atoms with E-state index in [1.165, 1.54) is 27.7 Å². The van der Waals surface area contributed by atoms with Crippen molar-refractivity contribution in [3.8, 4) is 17.1 Å². The zero-order valence-electron chi connectivity index (χ0n) is 17.0. The minimum absolute atomic E-state index is 0.00209. The minimum Gasteiger partial charge on any atom is -0.390 e. The molecule has 0 aliphatic carbocycles. The normalized spacial score (nSPS) is 11.7. The predicted molar refractivity (Wildman–Crippen MR) is 108 cm³/mol. The lowest BCUT2D eigenvalue weighted by Crippen LogP contribution is -2.16. The van der Waals surface area contributed by atoms with Crippen LogP contribution in [0.2, 0.25) is 0 Å². The van der Waals surface area contributed by atoms with E-state index in [9.17, 15) is 23.1 Å². The zero-order valence-corrected chi connectivity index (χ0v) is 17.0. The number of aromatic nitrogens is 6. The van der Waals surface area contributed by atoms with Gasteiger partial charge in [0.05, 0.1) is 29.3 Å². The van der Waals surface area contributed by atoms with Crippen LogP contribution in [-0.4, -0.2) is 40.8 Å². The fourth-order valence-electron chi connectivity index (χ4n) is 3.19. The van der Waals surface area contributed by atoms with Gasteiger partial charge >= 0.3 is 6.18 Å². The molecule has 12 heteroatoms. The molecule has 0 radical (unpaired) electrons. The maximum absolute atomic E-state index is 13.5. The highest BCUT2D eigenvalue weighted by Crippen LogP contribution is 2.37. The molecule has 0 saturated heterocycles. The van der Waals surface area contributed by atoms with Gasteiger partial charge in [-0.25, -0.2) is 0 Å². The Balaban J connectivity index is 1.71. The molecular formula is C20H18F3N7O2. The van der Waals surface area contributed by atoms with Gasteiger partial charge in [0, 0.05) is 36.5 Å². The van der Waals surface area contributed by atoms with Crippen LogP contribution in [0.5, 0.6) is 0 Å². The molecule has 3 aromatic heterocycles. The van der Waals surface area contributed by atoms with Crippen LogP contribution >= 0.6 is 0 Å². The van der Waals surface area contributed by atoms with Crippen LogP contribution in [0.25, 0.3) is 17.1 Å². The lowest BCUT2D eigenvalue weighted by Gasteiger charge is -2.13. The number of halogens is 3. The standard InChI is InChI=1S/C20H18F3N7O2/c1-11-7-18(26-25-11)30-17(9-13(10-31)27-30)24-19(32)12-3-4-15(20(21,22)23)14(8-12)16-5-6-29(2)28-16/h3-9,31H,10H2,1-2H3,(H,24,32)(H,25,26). The Morgan fingerprint density at radius 3 is 2.56 bits per heavy atom. The Bertz CT molecular complexity index is 1290. The van der Waals surface area contributed by atoms with Gasteiger partial charge in [-0.15, -0.1) is 0 Å². The molecule has 4 rings (SSSR count). The number of alkyl halides is 3.